The van der Waals surface area contributed by atoms with Crippen LogP contribution in [0.2, 0.25) is 0 Å². The van der Waals surface area contributed by atoms with Gasteiger partial charge in [0.05, 0.1) is 11.4 Å². The Morgan fingerprint density at radius 2 is 1.62 bits per heavy atom. The van der Waals surface area contributed by atoms with Gasteiger partial charge in [0.1, 0.15) is 0 Å². The first-order chi connectivity index (χ1) is 10.0. The number of nitrogens with one attached hydrogen (secondary N) is 1. The lowest BCUT2D eigenvalue weighted by Gasteiger charge is -2.15. The molecule has 0 aliphatic carbocycles. The SMILES string of the molecule is CCC(C)CS(=O)(=O)Nc1ccccc1-c1ccccc1. The molecule has 0 aliphatic rings. The van der Waals surface area contributed by atoms with Crippen molar-refractivity contribution in [2.45, 2.75) is 20.3 Å². The molecule has 0 radical (unpaired) electrons. The van der Waals surface area contributed by atoms with Gasteiger partial charge in [-0.2, -0.15) is 0 Å². The molecule has 2 aromatic carbocycles. The highest BCUT2D eigenvalue weighted by Gasteiger charge is 2.16. The van der Waals surface area contributed by atoms with E-state index in [1.807, 2.05) is 62.4 Å². The smallest absolute Gasteiger partial charge is 0.233 e. The number of para-hydroxylation sites is 1. The number of benzene rings is 2. The molecule has 0 fully saturated rings. The molecule has 3 nitrogen and oxygen atoms in total. The van der Waals surface area contributed by atoms with E-state index in [1.165, 1.54) is 0 Å². The minimum Gasteiger partial charge on any atom is -0.283 e. The second kappa shape index (κ2) is 6.76. The normalized spacial score (nSPS) is 12.9. The fourth-order valence-electron chi connectivity index (χ4n) is 2.14. The van der Waals surface area contributed by atoms with Gasteiger partial charge in [0.25, 0.3) is 0 Å². The molecule has 0 amide bonds. The predicted molar refractivity (Wildman–Crippen MR) is 88.7 cm³/mol. The van der Waals surface area contributed by atoms with E-state index >= 15 is 0 Å². The van der Waals surface area contributed by atoms with Crippen molar-refractivity contribution in [3.63, 3.8) is 0 Å². The molecular weight excluding hydrogens is 282 g/mol. The molecule has 4 heteroatoms. The van der Waals surface area contributed by atoms with Crippen molar-refractivity contribution >= 4 is 15.7 Å². The maximum Gasteiger partial charge on any atom is 0.233 e. The van der Waals surface area contributed by atoms with Gasteiger partial charge in [-0.05, 0) is 17.5 Å². The van der Waals surface area contributed by atoms with Crippen molar-refractivity contribution in [2.75, 3.05) is 10.5 Å². The van der Waals surface area contributed by atoms with E-state index in [0.717, 1.165) is 17.5 Å². The zero-order chi connectivity index (χ0) is 15.3. The van der Waals surface area contributed by atoms with Crippen molar-refractivity contribution in [3.05, 3.63) is 54.6 Å². The molecule has 0 heterocycles. The lowest BCUT2D eigenvalue weighted by atomic mass is 10.0. The summed E-state index contributed by atoms with van der Waals surface area (Å²) in [6.07, 6.45) is 0.848. The summed E-state index contributed by atoms with van der Waals surface area (Å²) in [5.41, 5.74) is 2.53. The molecule has 1 atom stereocenters. The summed E-state index contributed by atoms with van der Waals surface area (Å²) in [7, 11) is -3.33. The summed E-state index contributed by atoms with van der Waals surface area (Å²) in [6.45, 7) is 3.94. The number of sulfonamides is 1. The molecule has 0 aromatic heterocycles. The molecule has 21 heavy (non-hydrogen) atoms. The standard InChI is InChI=1S/C17H21NO2S/c1-3-14(2)13-21(19,20)18-17-12-8-7-11-16(17)15-9-5-4-6-10-15/h4-12,14,18H,3,13H2,1-2H3. The molecule has 112 valence electrons. The number of rotatable bonds is 6. The Morgan fingerprint density at radius 1 is 1.00 bits per heavy atom. The van der Waals surface area contributed by atoms with Crippen LogP contribution in [-0.2, 0) is 10.0 Å². The largest absolute Gasteiger partial charge is 0.283 e. The van der Waals surface area contributed by atoms with E-state index in [0.29, 0.717) is 5.69 Å². The van der Waals surface area contributed by atoms with Gasteiger partial charge in [0.2, 0.25) is 10.0 Å². The molecule has 0 saturated carbocycles. The van der Waals surface area contributed by atoms with E-state index < -0.39 is 10.0 Å². The van der Waals surface area contributed by atoms with Gasteiger partial charge in [0, 0.05) is 5.56 Å². The Balaban J connectivity index is 2.30. The minimum absolute atomic E-state index is 0.145. The van der Waals surface area contributed by atoms with Crippen LogP contribution in [0.15, 0.2) is 54.6 Å². The topological polar surface area (TPSA) is 46.2 Å². The zero-order valence-corrected chi connectivity index (χ0v) is 13.2. The van der Waals surface area contributed by atoms with Crippen LogP contribution in [0.4, 0.5) is 5.69 Å². The van der Waals surface area contributed by atoms with Gasteiger partial charge in [-0.1, -0.05) is 68.8 Å². The Labute approximate surface area is 127 Å². The molecule has 2 aromatic rings. The third-order valence-electron chi connectivity index (χ3n) is 3.48. The van der Waals surface area contributed by atoms with Crippen molar-refractivity contribution in [2.24, 2.45) is 5.92 Å². The van der Waals surface area contributed by atoms with E-state index in [-0.39, 0.29) is 11.7 Å². The fraction of sp³-hybridized carbons (Fsp3) is 0.294. The predicted octanol–water partition coefficient (Wildman–Crippen LogP) is 4.14. The zero-order valence-electron chi connectivity index (χ0n) is 12.4. The highest BCUT2D eigenvalue weighted by Crippen LogP contribution is 2.28. The third-order valence-corrected chi connectivity index (χ3v) is 5.02. The Bertz CT molecular complexity index is 681. The molecular formula is C17H21NO2S. The summed E-state index contributed by atoms with van der Waals surface area (Å²) >= 11 is 0. The molecule has 0 bridgehead atoms. The number of anilines is 1. The van der Waals surface area contributed by atoms with Gasteiger partial charge in [-0.3, -0.25) is 4.72 Å². The maximum absolute atomic E-state index is 12.2. The first-order valence-corrected chi connectivity index (χ1v) is 8.82. The number of hydrogen-bond acceptors (Lipinski definition) is 2. The van der Waals surface area contributed by atoms with Crippen LogP contribution in [0.3, 0.4) is 0 Å². The summed E-state index contributed by atoms with van der Waals surface area (Å²) in [5.74, 6) is 0.290. The van der Waals surface area contributed by atoms with Crippen molar-refractivity contribution in [1.29, 1.82) is 0 Å². The van der Waals surface area contributed by atoms with Crippen molar-refractivity contribution in [1.82, 2.24) is 0 Å². The molecule has 0 aliphatic heterocycles. The van der Waals surface area contributed by atoms with Crippen molar-refractivity contribution in [3.8, 4) is 11.1 Å². The lowest BCUT2D eigenvalue weighted by Crippen LogP contribution is -2.21. The lowest BCUT2D eigenvalue weighted by molar-refractivity contribution is 0.568. The molecule has 0 spiro atoms. The molecule has 1 N–H and O–H groups in total. The quantitative estimate of drug-likeness (QED) is 0.871. The summed E-state index contributed by atoms with van der Waals surface area (Å²) in [5, 5.41) is 0. The van der Waals surface area contributed by atoms with Gasteiger partial charge in [-0.15, -0.1) is 0 Å². The monoisotopic (exact) mass is 303 g/mol. The average molecular weight is 303 g/mol. The average Bonchev–Trinajstić information content (AvgIpc) is 2.47. The van der Waals surface area contributed by atoms with Crippen LogP contribution in [0.25, 0.3) is 11.1 Å². The van der Waals surface area contributed by atoms with Crippen LogP contribution in [0.5, 0.6) is 0 Å². The van der Waals surface area contributed by atoms with E-state index in [1.54, 1.807) is 6.07 Å². The molecule has 2 rings (SSSR count). The van der Waals surface area contributed by atoms with Crippen LogP contribution < -0.4 is 4.72 Å². The third kappa shape index (κ3) is 4.33. The highest BCUT2D eigenvalue weighted by atomic mass is 32.2. The van der Waals surface area contributed by atoms with Crippen LogP contribution in [0.1, 0.15) is 20.3 Å². The van der Waals surface area contributed by atoms with E-state index in [9.17, 15) is 8.42 Å². The van der Waals surface area contributed by atoms with Crippen LogP contribution in [0, 0.1) is 5.92 Å². The Kier molecular flexibility index (Phi) is 5.02. The van der Waals surface area contributed by atoms with Gasteiger partial charge in [-0.25, -0.2) is 8.42 Å². The van der Waals surface area contributed by atoms with Gasteiger partial charge < -0.3 is 0 Å². The summed E-state index contributed by atoms with van der Waals surface area (Å²) in [6, 6.07) is 17.3. The first-order valence-electron chi connectivity index (χ1n) is 7.17. The molecule has 0 saturated heterocycles. The summed E-state index contributed by atoms with van der Waals surface area (Å²) in [4.78, 5) is 0. The Morgan fingerprint density at radius 3 is 2.29 bits per heavy atom. The van der Waals surface area contributed by atoms with E-state index in [4.69, 9.17) is 0 Å². The maximum atomic E-state index is 12.2. The van der Waals surface area contributed by atoms with Crippen LogP contribution >= 0.6 is 0 Å². The van der Waals surface area contributed by atoms with E-state index in [2.05, 4.69) is 4.72 Å². The van der Waals surface area contributed by atoms with Crippen molar-refractivity contribution < 1.29 is 8.42 Å². The fourth-order valence-corrected chi connectivity index (χ4v) is 3.72. The minimum atomic E-state index is -3.33. The second-order valence-electron chi connectivity index (χ2n) is 5.31. The summed E-state index contributed by atoms with van der Waals surface area (Å²) < 4.78 is 27.2. The Hall–Kier alpha value is -1.81. The van der Waals surface area contributed by atoms with Gasteiger partial charge >= 0.3 is 0 Å². The highest BCUT2D eigenvalue weighted by molar-refractivity contribution is 7.92. The molecule has 1 unspecified atom stereocenters. The first kappa shape index (κ1) is 15.6. The van der Waals surface area contributed by atoms with Gasteiger partial charge in [0.15, 0.2) is 0 Å². The number of hydrogen-bond donors (Lipinski definition) is 1. The van der Waals surface area contributed by atoms with Crippen LogP contribution in [-0.4, -0.2) is 14.2 Å². The second-order valence-corrected chi connectivity index (χ2v) is 7.08.